The summed E-state index contributed by atoms with van der Waals surface area (Å²) in [7, 11) is -2.25. The summed E-state index contributed by atoms with van der Waals surface area (Å²) < 4.78 is 45.5. The minimum atomic E-state index is -4.98. The lowest BCUT2D eigenvalue weighted by molar-refractivity contribution is -0.174. The Bertz CT molecular complexity index is 1040. The second kappa shape index (κ2) is 12.5. The van der Waals surface area contributed by atoms with Crippen molar-refractivity contribution in [2.45, 2.75) is 64.2 Å². The molecule has 0 spiro atoms. The predicted octanol–water partition coefficient (Wildman–Crippen LogP) is 5.41. The summed E-state index contributed by atoms with van der Waals surface area (Å²) in [6.07, 6.45) is -4.98. The molecule has 3 amide bonds. The number of rotatable bonds is 10. The number of benzene rings is 2. The molecule has 0 aliphatic carbocycles. The number of halogens is 3. The van der Waals surface area contributed by atoms with Gasteiger partial charge in [0.1, 0.15) is 0 Å². The van der Waals surface area contributed by atoms with Crippen molar-refractivity contribution in [2.24, 2.45) is 0 Å². The van der Waals surface area contributed by atoms with E-state index in [9.17, 15) is 22.8 Å². The molecule has 2 aromatic rings. The fourth-order valence-electron chi connectivity index (χ4n) is 4.00. The number of carbonyl (C=O) groups excluding carboxylic acids is 2. The van der Waals surface area contributed by atoms with Crippen molar-refractivity contribution in [1.29, 1.82) is 0 Å². The van der Waals surface area contributed by atoms with Crippen LogP contribution in [0.2, 0.25) is 18.1 Å². The Morgan fingerprint density at radius 2 is 1.38 bits per heavy atom. The summed E-state index contributed by atoms with van der Waals surface area (Å²) >= 11 is 0. The summed E-state index contributed by atoms with van der Waals surface area (Å²) in [6.45, 7) is 11.3. The number of hydrogen-bond acceptors (Lipinski definition) is 4. The Hall–Kier alpha value is -2.89. The van der Waals surface area contributed by atoms with Crippen LogP contribution in [0.1, 0.15) is 31.9 Å². The molecule has 7 nitrogen and oxygen atoms in total. The molecule has 1 atom stereocenters. The molecule has 1 aliphatic heterocycles. The quantitative estimate of drug-likeness (QED) is 0.392. The fraction of sp³-hybridized carbons (Fsp3) is 0.500. The van der Waals surface area contributed by atoms with Crippen molar-refractivity contribution in [3.8, 4) is 0 Å². The topological polar surface area (TPSA) is 65.1 Å². The Morgan fingerprint density at radius 1 is 0.923 bits per heavy atom. The summed E-state index contributed by atoms with van der Waals surface area (Å²) in [6, 6.07) is 18.3. The number of nitrogens with zero attached hydrogens (tertiary/aromatic N) is 3. The zero-order chi connectivity index (χ0) is 28.8. The van der Waals surface area contributed by atoms with E-state index in [0.717, 1.165) is 11.1 Å². The minimum Gasteiger partial charge on any atom is -0.415 e. The lowest BCUT2D eigenvalue weighted by Crippen LogP contribution is -2.62. The van der Waals surface area contributed by atoms with E-state index in [1.54, 1.807) is 9.80 Å². The van der Waals surface area contributed by atoms with E-state index < -0.39 is 26.4 Å². The molecule has 1 heterocycles. The molecule has 1 aliphatic rings. The van der Waals surface area contributed by atoms with Gasteiger partial charge in [-0.05, 0) is 29.3 Å². The van der Waals surface area contributed by atoms with Crippen LogP contribution in [0, 0.1) is 0 Å². The lowest BCUT2D eigenvalue weighted by atomic mass is 10.2. The van der Waals surface area contributed by atoms with Gasteiger partial charge in [-0.1, -0.05) is 81.4 Å². The van der Waals surface area contributed by atoms with Crippen LogP contribution in [0.5, 0.6) is 0 Å². The van der Waals surface area contributed by atoms with E-state index in [2.05, 4.69) is 33.9 Å². The Balaban J connectivity index is 1.88. The molecule has 2 aromatic carbocycles. The van der Waals surface area contributed by atoms with E-state index >= 15 is 0 Å². The predicted molar refractivity (Wildman–Crippen MR) is 147 cm³/mol. The fourth-order valence-corrected chi connectivity index (χ4v) is 5.05. The molecule has 0 aromatic heterocycles. The van der Waals surface area contributed by atoms with E-state index in [4.69, 9.17) is 4.43 Å². The molecular weight excluding hydrogens is 525 g/mol. The van der Waals surface area contributed by atoms with Gasteiger partial charge in [0.05, 0.1) is 26.0 Å². The third-order valence-electron chi connectivity index (χ3n) is 7.39. The van der Waals surface area contributed by atoms with Gasteiger partial charge in [0.2, 0.25) is 0 Å². The first-order chi connectivity index (χ1) is 18.2. The summed E-state index contributed by atoms with van der Waals surface area (Å²) in [5.74, 6) is -1.99. The molecule has 0 bridgehead atoms. The molecule has 1 fully saturated rings. The van der Waals surface area contributed by atoms with Gasteiger partial charge in [-0.25, -0.2) is 4.79 Å². The molecule has 0 radical (unpaired) electrons. The number of urea groups is 1. The van der Waals surface area contributed by atoms with Gasteiger partial charge in [0.15, 0.2) is 8.32 Å². The highest BCUT2D eigenvalue weighted by atomic mass is 28.4. The molecule has 0 unspecified atom stereocenters. The molecule has 1 N–H and O–H groups in total. The molecule has 39 heavy (non-hydrogen) atoms. The van der Waals surface area contributed by atoms with Crippen LogP contribution in [0.3, 0.4) is 0 Å². The van der Waals surface area contributed by atoms with Crippen molar-refractivity contribution < 1.29 is 27.2 Å². The molecule has 3 rings (SSSR count). The zero-order valence-electron chi connectivity index (χ0n) is 23.3. The van der Waals surface area contributed by atoms with E-state index in [0.29, 0.717) is 13.1 Å². The first kappa shape index (κ1) is 30.6. The van der Waals surface area contributed by atoms with Gasteiger partial charge < -0.3 is 19.5 Å². The monoisotopic (exact) mass is 564 g/mol. The number of hydrogen-bond donors (Lipinski definition) is 1. The Morgan fingerprint density at radius 3 is 1.79 bits per heavy atom. The van der Waals surface area contributed by atoms with E-state index in [1.807, 2.05) is 70.9 Å². The maximum atomic E-state index is 13.5. The highest BCUT2D eigenvalue weighted by Gasteiger charge is 2.42. The van der Waals surface area contributed by atoms with Crippen molar-refractivity contribution in [2.75, 3.05) is 26.5 Å². The van der Waals surface area contributed by atoms with Gasteiger partial charge in [-0.15, -0.1) is 0 Å². The molecule has 1 saturated heterocycles. The highest BCUT2D eigenvalue weighted by Crippen LogP contribution is 2.36. The first-order valence-electron chi connectivity index (χ1n) is 13.0. The highest BCUT2D eigenvalue weighted by molar-refractivity contribution is 6.74. The van der Waals surface area contributed by atoms with Crippen LogP contribution < -0.4 is 5.32 Å². The summed E-state index contributed by atoms with van der Waals surface area (Å²) in [5.41, 5.74) is 1.87. The number of carbonyl (C=O) groups is 2. The molecule has 0 saturated carbocycles. The van der Waals surface area contributed by atoms with Crippen LogP contribution in [-0.4, -0.2) is 73.7 Å². The summed E-state index contributed by atoms with van der Waals surface area (Å²) in [5, 5.41) is 1.94. The smallest absolute Gasteiger partial charge is 0.415 e. The van der Waals surface area contributed by atoms with Crippen LogP contribution in [-0.2, 0) is 22.3 Å². The molecular formula is C28H39F3N4O3Si. The van der Waals surface area contributed by atoms with Gasteiger partial charge in [0, 0.05) is 19.6 Å². The second-order valence-corrected chi connectivity index (χ2v) is 16.3. The van der Waals surface area contributed by atoms with Crippen LogP contribution in [0.4, 0.5) is 18.0 Å². The molecule has 214 valence electrons. The van der Waals surface area contributed by atoms with Gasteiger partial charge in [-0.3, -0.25) is 9.69 Å². The van der Waals surface area contributed by atoms with Crippen LogP contribution in [0.15, 0.2) is 60.7 Å². The molecule has 11 heteroatoms. The average Bonchev–Trinajstić information content (AvgIpc) is 2.86. The summed E-state index contributed by atoms with van der Waals surface area (Å²) in [4.78, 5) is 30.5. The maximum Gasteiger partial charge on any atom is 0.471 e. The normalized spacial score (nSPS) is 16.4. The number of nitrogens with one attached hydrogen (secondary N) is 1. The van der Waals surface area contributed by atoms with Gasteiger partial charge in [0.25, 0.3) is 0 Å². The van der Waals surface area contributed by atoms with Crippen LogP contribution in [0.25, 0.3) is 0 Å². The van der Waals surface area contributed by atoms with E-state index in [1.165, 1.54) is 0 Å². The van der Waals surface area contributed by atoms with E-state index in [-0.39, 0.29) is 37.6 Å². The number of alkyl halides is 3. The standard InChI is InChI=1S/C28H39F3N4O3Si/c1-27(2,3)39(4,5)38-19-24(16-32-25(36)28(29,30)31)35-20-33(17-22-12-8-6-9-13-22)26(37)34(21-35)18-23-14-10-7-11-15-23/h6-15,24H,16-21H2,1-5H3,(H,32,36)/t24-/m0/s1. The average molecular weight is 565 g/mol. The van der Waals surface area contributed by atoms with Crippen molar-refractivity contribution in [3.63, 3.8) is 0 Å². The van der Waals surface area contributed by atoms with Crippen molar-refractivity contribution >= 4 is 20.3 Å². The Labute approximate surface area is 230 Å². The minimum absolute atomic E-state index is 0.108. The van der Waals surface area contributed by atoms with Crippen molar-refractivity contribution in [1.82, 2.24) is 20.0 Å². The van der Waals surface area contributed by atoms with Crippen molar-refractivity contribution in [3.05, 3.63) is 71.8 Å². The van der Waals surface area contributed by atoms with Gasteiger partial charge in [-0.2, -0.15) is 13.2 Å². The largest absolute Gasteiger partial charge is 0.471 e. The number of amides is 3. The Kier molecular flexibility index (Phi) is 9.84. The first-order valence-corrected chi connectivity index (χ1v) is 15.9. The SMILES string of the molecule is CC(C)(C)[Si](C)(C)OC[C@H](CNC(=O)C(F)(F)F)N1CN(Cc2ccccc2)C(=O)N(Cc2ccccc2)C1. The third kappa shape index (κ3) is 8.54. The van der Waals surface area contributed by atoms with Crippen LogP contribution >= 0.6 is 0 Å². The van der Waals surface area contributed by atoms with Gasteiger partial charge >= 0.3 is 18.1 Å². The third-order valence-corrected chi connectivity index (χ3v) is 11.9. The second-order valence-electron chi connectivity index (χ2n) is 11.5. The zero-order valence-corrected chi connectivity index (χ0v) is 24.3. The maximum absolute atomic E-state index is 13.5. The lowest BCUT2D eigenvalue weighted by Gasteiger charge is -2.46.